The molecule has 0 aliphatic rings. The summed E-state index contributed by atoms with van der Waals surface area (Å²) >= 11 is 5.95. The lowest BCUT2D eigenvalue weighted by atomic mass is 9.98. The van der Waals surface area contributed by atoms with Crippen LogP contribution in [-0.4, -0.2) is 13.7 Å². The minimum atomic E-state index is 0.166. The highest BCUT2D eigenvalue weighted by atomic mass is 127. The molecule has 0 aromatic heterocycles. The number of methoxy groups -OCH3 is 1. The number of nitrogens with one attached hydrogen (secondary N) is 1. The first kappa shape index (κ1) is 15.8. The summed E-state index contributed by atoms with van der Waals surface area (Å²) in [5.74, 6) is 0.885. The molecule has 0 bridgehead atoms. The van der Waals surface area contributed by atoms with Crippen molar-refractivity contribution in [3.05, 3.63) is 61.6 Å². The fourth-order valence-electron chi connectivity index (χ4n) is 2.17. The topological polar surface area (TPSA) is 21.3 Å². The van der Waals surface area contributed by atoms with E-state index in [1.165, 1.54) is 14.7 Å². The van der Waals surface area contributed by atoms with E-state index in [4.69, 9.17) is 4.74 Å². The monoisotopic (exact) mass is 445 g/mol. The van der Waals surface area contributed by atoms with Crippen LogP contribution in [0.2, 0.25) is 0 Å². The lowest BCUT2D eigenvalue weighted by Gasteiger charge is -2.21. The second-order valence-corrected chi connectivity index (χ2v) is 6.51. The number of ether oxygens (including phenoxy) is 1. The fourth-order valence-corrected chi connectivity index (χ4v) is 3.19. The zero-order chi connectivity index (χ0) is 14.5. The van der Waals surface area contributed by atoms with Crippen LogP contribution >= 0.6 is 38.5 Å². The molecule has 1 N–H and O–H groups in total. The number of hydrogen-bond acceptors (Lipinski definition) is 2. The van der Waals surface area contributed by atoms with Crippen molar-refractivity contribution >= 4 is 38.5 Å². The molecule has 20 heavy (non-hydrogen) atoms. The van der Waals surface area contributed by atoms with E-state index in [0.717, 1.165) is 16.8 Å². The molecule has 2 rings (SSSR count). The summed E-state index contributed by atoms with van der Waals surface area (Å²) in [4.78, 5) is 0. The standard InChI is InChI=1S/C16H17BrINO/c1-3-19-16(11-5-4-6-13(9-11)20-2)14-10-12(17)7-8-15(14)18/h4-10,16,19H,3H2,1-2H3. The second kappa shape index (κ2) is 7.43. The first-order valence-corrected chi connectivity index (χ1v) is 8.35. The Morgan fingerprint density at radius 2 is 2.05 bits per heavy atom. The molecule has 0 heterocycles. The minimum absolute atomic E-state index is 0.166. The smallest absolute Gasteiger partial charge is 0.119 e. The van der Waals surface area contributed by atoms with Crippen LogP contribution in [0.1, 0.15) is 24.1 Å². The van der Waals surface area contributed by atoms with E-state index in [9.17, 15) is 0 Å². The predicted octanol–water partition coefficient (Wildman–Crippen LogP) is 4.76. The lowest BCUT2D eigenvalue weighted by molar-refractivity contribution is 0.413. The molecule has 2 nitrogen and oxygen atoms in total. The molecule has 0 amide bonds. The maximum Gasteiger partial charge on any atom is 0.119 e. The highest BCUT2D eigenvalue weighted by Crippen LogP contribution is 2.30. The molecule has 0 aliphatic carbocycles. The third kappa shape index (κ3) is 3.74. The molecule has 1 atom stereocenters. The molecular weight excluding hydrogens is 429 g/mol. The van der Waals surface area contributed by atoms with Crippen LogP contribution in [0, 0.1) is 3.57 Å². The summed E-state index contributed by atoms with van der Waals surface area (Å²) in [5, 5.41) is 3.55. The van der Waals surface area contributed by atoms with E-state index in [-0.39, 0.29) is 6.04 Å². The zero-order valence-corrected chi connectivity index (χ0v) is 15.2. The van der Waals surface area contributed by atoms with Crippen molar-refractivity contribution in [1.82, 2.24) is 5.32 Å². The fraction of sp³-hybridized carbons (Fsp3) is 0.250. The van der Waals surface area contributed by atoms with Crippen LogP contribution in [0.4, 0.5) is 0 Å². The molecule has 0 spiro atoms. The second-order valence-electron chi connectivity index (χ2n) is 4.43. The van der Waals surface area contributed by atoms with Crippen molar-refractivity contribution < 1.29 is 4.74 Å². The van der Waals surface area contributed by atoms with Crippen LogP contribution in [0.15, 0.2) is 46.9 Å². The average Bonchev–Trinajstić information content (AvgIpc) is 2.47. The number of rotatable bonds is 5. The lowest BCUT2D eigenvalue weighted by Crippen LogP contribution is -2.22. The van der Waals surface area contributed by atoms with Gasteiger partial charge in [0.25, 0.3) is 0 Å². The van der Waals surface area contributed by atoms with Gasteiger partial charge in [0.2, 0.25) is 0 Å². The van der Waals surface area contributed by atoms with Crippen molar-refractivity contribution in [1.29, 1.82) is 0 Å². The van der Waals surface area contributed by atoms with Crippen molar-refractivity contribution in [2.45, 2.75) is 13.0 Å². The van der Waals surface area contributed by atoms with E-state index < -0.39 is 0 Å². The Morgan fingerprint density at radius 1 is 1.25 bits per heavy atom. The molecule has 1 unspecified atom stereocenters. The SMILES string of the molecule is CCNC(c1cccc(OC)c1)c1cc(Br)ccc1I. The van der Waals surface area contributed by atoms with Gasteiger partial charge in [-0.15, -0.1) is 0 Å². The van der Waals surface area contributed by atoms with E-state index in [1.807, 2.05) is 12.1 Å². The Labute approximate surface area is 142 Å². The molecule has 2 aromatic carbocycles. The van der Waals surface area contributed by atoms with Gasteiger partial charge in [-0.3, -0.25) is 0 Å². The Kier molecular flexibility index (Phi) is 5.86. The van der Waals surface area contributed by atoms with Gasteiger partial charge in [-0.2, -0.15) is 0 Å². The van der Waals surface area contributed by atoms with Gasteiger partial charge < -0.3 is 10.1 Å². The van der Waals surface area contributed by atoms with E-state index in [2.05, 4.69) is 81.1 Å². The van der Waals surface area contributed by atoms with Crippen LogP contribution in [-0.2, 0) is 0 Å². The molecule has 0 fully saturated rings. The Balaban J connectivity index is 2.46. The molecule has 2 aromatic rings. The average molecular weight is 446 g/mol. The molecule has 0 radical (unpaired) electrons. The van der Waals surface area contributed by atoms with E-state index in [1.54, 1.807) is 7.11 Å². The summed E-state index contributed by atoms with van der Waals surface area (Å²) in [6, 6.07) is 14.8. The van der Waals surface area contributed by atoms with Gasteiger partial charge in [-0.1, -0.05) is 35.0 Å². The van der Waals surface area contributed by atoms with Crippen LogP contribution in [0.25, 0.3) is 0 Å². The summed E-state index contributed by atoms with van der Waals surface area (Å²) < 4.78 is 7.68. The number of benzene rings is 2. The Hall–Kier alpha value is -0.590. The van der Waals surface area contributed by atoms with Gasteiger partial charge >= 0.3 is 0 Å². The van der Waals surface area contributed by atoms with Gasteiger partial charge in [-0.05, 0) is 70.6 Å². The van der Waals surface area contributed by atoms with E-state index >= 15 is 0 Å². The van der Waals surface area contributed by atoms with Gasteiger partial charge in [0.15, 0.2) is 0 Å². The first-order chi connectivity index (χ1) is 9.65. The van der Waals surface area contributed by atoms with Crippen molar-refractivity contribution in [3.63, 3.8) is 0 Å². The maximum atomic E-state index is 5.33. The molecular formula is C16H17BrINO. The maximum absolute atomic E-state index is 5.33. The summed E-state index contributed by atoms with van der Waals surface area (Å²) in [5.41, 5.74) is 2.48. The van der Waals surface area contributed by atoms with Gasteiger partial charge in [0.05, 0.1) is 13.2 Å². The quantitative estimate of drug-likeness (QED) is 0.670. The summed E-state index contributed by atoms with van der Waals surface area (Å²) in [6.45, 7) is 3.03. The number of hydrogen-bond donors (Lipinski definition) is 1. The third-order valence-electron chi connectivity index (χ3n) is 3.10. The highest BCUT2D eigenvalue weighted by Gasteiger charge is 2.16. The van der Waals surface area contributed by atoms with Gasteiger partial charge in [0, 0.05) is 8.04 Å². The predicted molar refractivity (Wildman–Crippen MR) is 95.4 cm³/mol. The van der Waals surface area contributed by atoms with Gasteiger partial charge in [-0.25, -0.2) is 0 Å². The molecule has 4 heteroatoms. The Bertz CT molecular complexity index is 588. The van der Waals surface area contributed by atoms with Crippen LogP contribution < -0.4 is 10.1 Å². The molecule has 0 saturated carbocycles. The first-order valence-electron chi connectivity index (χ1n) is 6.48. The minimum Gasteiger partial charge on any atom is -0.497 e. The molecule has 0 saturated heterocycles. The molecule has 106 valence electrons. The number of halogens is 2. The largest absolute Gasteiger partial charge is 0.497 e. The Morgan fingerprint density at radius 3 is 2.75 bits per heavy atom. The van der Waals surface area contributed by atoms with Gasteiger partial charge in [0.1, 0.15) is 5.75 Å². The van der Waals surface area contributed by atoms with Crippen molar-refractivity contribution in [2.75, 3.05) is 13.7 Å². The van der Waals surface area contributed by atoms with E-state index in [0.29, 0.717) is 0 Å². The van der Waals surface area contributed by atoms with Crippen LogP contribution in [0.5, 0.6) is 5.75 Å². The summed E-state index contributed by atoms with van der Waals surface area (Å²) in [7, 11) is 1.70. The van der Waals surface area contributed by atoms with Crippen molar-refractivity contribution in [3.8, 4) is 5.75 Å². The highest BCUT2D eigenvalue weighted by molar-refractivity contribution is 14.1. The zero-order valence-electron chi connectivity index (χ0n) is 11.5. The normalized spacial score (nSPS) is 12.2. The third-order valence-corrected chi connectivity index (χ3v) is 4.58. The summed E-state index contributed by atoms with van der Waals surface area (Å²) in [6.07, 6.45) is 0. The van der Waals surface area contributed by atoms with Crippen LogP contribution in [0.3, 0.4) is 0 Å². The molecule has 0 aliphatic heterocycles. The van der Waals surface area contributed by atoms with Crippen molar-refractivity contribution in [2.24, 2.45) is 0 Å².